The molecular weight excluding hydrogens is 542 g/mol. The van der Waals surface area contributed by atoms with E-state index in [-0.39, 0.29) is 29.4 Å². The van der Waals surface area contributed by atoms with E-state index in [0.717, 1.165) is 44.8 Å². The molecule has 1 aliphatic rings. The SMILES string of the molecule is Cc1ccc(-n2nc(-c3ccccc3)c3c2N(CC(=O)NCc2ccncc2)C(=O)CS[C@@H]3c2cccc(C)c2)cc1. The summed E-state index contributed by atoms with van der Waals surface area (Å²) in [7, 11) is 0. The minimum atomic E-state index is -0.247. The van der Waals surface area contributed by atoms with Gasteiger partial charge >= 0.3 is 0 Å². The van der Waals surface area contributed by atoms with Gasteiger partial charge in [-0.05, 0) is 49.2 Å². The Morgan fingerprint density at radius 1 is 0.929 bits per heavy atom. The maximum absolute atomic E-state index is 13.9. The summed E-state index contributed by atoms with van der Waals surface area (Å²) in [6, 6.07) is 30.2. The third-order valence-electron chi connectivity index (χ3n) is 7.30. The molecule has 2 amide bonds. The van der Waals surface area contributed by atoms with Gasteiger partial charge in [0, 0.05) is 30.1 Å². The van der Waals surface area contributed by atoms with Crippen molar-refractivity contribution in [3.63, 3.8) is 0 Å². The molecule has 210 valence electrons. The van der Waals surface area contributed by atoms with Gasteiger partial charge in [0.1, 0.15) is 12.4 Å². The van der Waals surface area contributed by atoms with Crippen molar-refractivity contribution >= 4 is 29.4 Å². The van der Waals surface area contributed by atoms with Crippen LogP contribution in [-0.2, 0) is 16.1 Å². The van der Waals surface area contributed by atoms with Crippen LogP contribution < -0.4 is 10.2 Å². The number of fused-ring (bicyclic) bond motifs is 1. The van der Waals surface area contributed by atoms with Gasteiger partial charge in [-0.1, -0.05) is 77.9 Å². The number of pyridine rings is 1. The van der Waals surface area contributed by atoms with Crippen LogP contribution in [0.1, 0.15) is 33.1 Å². The number of carbonyl (C=O) groups is 2. The van der Waals surface area contributed by atoms with Crippen LogP contribution in [0.2, 0.25) is 0 Å². The van der Waals surface area contributed by atoms with Gasteiger partial charge in [0.15, 0.2) is 0 Å². The fourth-order valence-corrected chi connectivity index (χ4v) is 6.38. The molecule has 0 spiro atoms. The highest BCUT2D eigenvalue weighted by atomic mass is 32.2. The second-order valence-electron chi connectivity index (χ2n) is 10.4. The highest BCUT2D eigenvalue weighted by molar-refractivity contribution is 8.00. The van der Waals surface area contributed by atoms with Gasteiger partial charge in [-0.15, -0.1) is 11.8 Å². The number of hydrogen-bond acceptors (Lipinski definition) is 5. The molecule has 5 aromatic rings. The van der Waals surface area contributed by atoms with Crippen molar-refractivity contribution in [3.05, 3.63) is 131 Å². The Morgan fingerprint density at radius 3 is 2.43 bits per heavy atom. The summed E-state index contributed by atoms with van der Waals surface area (Å²) in [4.78, 5) is 32.9. The second kappa shape index (κ2) is 12.0. The smallest absolute Gasteiger partial charge is 0.240 e. The summed E-state index contributed by atoms with van der Waals surface area (Å²) in [6.45, 7) is 4.34. The molecule has 7 nitrogen and oxygen atoms in total. The van der Waals surface area contributed by atoms with Crippen molar-refractivity contribution in [2.24, 2.45) is 0 Å². The number of aryl methyl sites for hydroxylation is 2. The Hall–Kier alpha value is -4.69. The molecule has 0 aliphatic carbocycles. The van der Waals surface area contributed by atoms with E-state index >= 15 is 0 Å². The van der Waals surface area contributed by atoms with Gasteiger partial charge < -0.3 is 5.32 Å². The molecule has 3 aromatic carbocycles. The van der Waals surface area contributed by atoms with Gasteiger partial charge in [0.05, 0.1) is 22.4 Å². The number of aromatic nitrogens is 3. The van der Waals surface area contributed by atoms with Gasteiger partial charge in [0.25, 0.3) is 0 Å². The van der Waals surface area contributed by atoms with Crippen LogP contribution in [0, 0.1) is 13.8 Å². The average molecular weight is 574 g/mol. The van der Waals surface area contributed by atoms with E-state index < -0.39 is 0 Å². The molecule has 0 saturated carbocycles. The van der Waals surface area contributed by atoms with E-state index in [1.165, 1.54) is 0 Å². The molecule has 0 unspecified atom stereocenters. The molecule has 6 rings (SSSR count). The number of rotatable bonds is 7. The zero-order valence-electron chi connectivity index (χ0n) is 23.5. The number of nitrogens with zero attached hydrogens (tertiary/aromatic N) is 4. The Morgan fingerprint density at radius 2 is 1.69 bits per heavy atom. The lowest BCUT2D eigenvalue weighted by atomic mass is 9.98. The molecule has 0 bridgehead atoms. The van der Waals surface area contributed by atoms with Crippen molar-refractivity contribution in [1.82, 2.24) is 20.1 Å². The highest BCUT2D eigenvalue weighted by Gasteiger charge is 2.37. The van der Waals surface area contributed by atoms with Crippen LogP contribution in [0.15, 0.2) is 103 Å². The lowest BCUT2D eigenvalue weighted by Gasteiger charge is -2.23. The largest absolute Gasteiger partial charge is 0.350 e. The highest BCUT2D eigenvalue weighted by Crippen LogP contribution is 2.48. The third kappa shape index (κ3) is 5.71. The monoisotopic (exact) mass is 573 g/mol. The first-order valence-corrected chi connectivity index (χ1v) is 14.9. The van der Waals surface area contributed by atoms with Crippen LogP contribution in [0.25, 0.3) is 16.9 Å². The quantitative estimate of drug-likeness (QED) is 0.257. The molecule has 2 aromatic heterocycles. The Bertz CT molecular complexity index is 1720. The Labute approximate surface area is 249 Å². The normalized spacial score (nSPS) is 14.8. The number of benzene rings is 3. The zero-order valence-corrected chi connectivity index (χ0v) is 24.3. The van der Waals surface area contributed by atoms with Gasteiger partial charge in [0.2, 0.25) is 11.8 Å². The van der Waals surface area contributed by atoms with E-state index in [1.807, 2.05) is 78.3 Å². The molecule has 0 saturated heterocycles. The maximum Gasteiger partial charge on any atom is 0.240 e. The van der Waals surface area contributed by atoms with E-state index in [0.29, 0.717) is 12.4 Å². The summed E-state index contributed by atoms with van der Waals surface area (Å²) in [5, 5.41) is 7.97. The molecule has 1 N–H and O–H groups in total. The standard InChI is InChI=1S/C34H31N5O2S/c1-23-11-13-28(14-12-23)39-34-31(32(37-39)26-8-4-3-5-9-26)33(27-10-6-7-24(2)19-27)42-22-30(41)38(34)21-29(40)36-20-25-15-17-35-18-16-25/h3-19,33H,20-22H2,1-2H3,(H,36,40)/t33-/m1/s1. The number of anilines is 1. The van der Waals surface area contributed by atoms with Gasteiger partial charge in [-0.25, -0.2) is 4.68 Å². The average Bonchev–Trinajstić information content (AvgIpc) is 3.33. The Kier molecular flexibility index (Phi) is 7.88. The van der Waals surface area contributed by atoms with Crippen molar-refractivity contribution < 1.29 is 9.59 Å². The number of carbonyl (C=O) groups excluding carboxylic acids is 2. The molecule has 0 fully saturated rings. The van der Waals surface area contributed by atoms with Crippen molar-refractivity contribution in [2.75, 3.05) is 17.2 Å². The van der Waals surface area contributed by atoms with Crippen molar-refractivity contribution in [3.8, 4) is 16.9 Å². The van der Waals surface area contributed by atoms with Gasteiger partial charge in [-0.2, -0.15) is 5.10 Å². The van der Waals surface area contributed by atoms with Crippen LogP contribution in [0.5, 0.6) is 0 Å². The minimum Gasteiger partial charge on any atom is -0.350 e. The summed E-state index contributed by atoms with van der Waals surface area (Å²) in [5.41, 5.74) is 7.79. The summed E-state index contributed by atoms with van der Waals surface area (Å²) >= 11 is 1.57. The molecule has 1 atom stereocenters. The number of thioether (sulfide) groups is 1. The number of nitrogens with one attached hydrogen (secondary N) is 1. The maximum atomic E-state index is 13.9. The zero-order chi connectivity index (χ0) is 29.1. The van der Waals surface area contributed by atoms with E-state index in [1.54, 1.807) is 29.1 Å². The number of hydrogen-bond donors (Lipinski definition) is 1. The summed E-state index contributed by atoms with van der Waals surface area (Å²) in [5.74, 6) is 0.470. The predicted octanol–water partition coefficient (Wildman–Crippen LogP) is 6.04. The van der Waals surface area contributed by atoms with Crippen LogP contribution in [0.4, 0.5) is 5.82 Å². The molecular formula is C34H31N5O2S. The molecule has 0 radical (unpaired) electrons. The minimum absolute atomic E-state index is 0.121. The fraction of sp³-hybridized carbons (Fsp3) is 0.176. The van der Waals surface area contributed by atoms with Crippen LogP contribution in [-0.4, -0.2) is 38.9 Å². The first kappa shape index (κ1) is 27.5. The molecule has 3 heterocycles. The molecule has 1 aliphatic heterocycles. The second-order valence-corrected chi connectivity index (χ2v) is 11.5. The topological polar surface area (TPSA) is 80.1 Å². The molecule has 42 heavy (non-hydrogen) atoms. The van der Waals surface area contributed by atoms with Crippen molar-refractivity contribution in [1.29, 1.82) is 0 Å². The fourth-order valence-electron chi connectivity index (χ4n) is 5.19. The number of amides is 2. The lowest BCUT2D eigenvalue weighted by Crippen LogP contribution is -2.42. The summed E-state index contributed by atoms with van der Waals surface area (Å²) in [6.07, 6.45) is 3.39. The Balaban J connectivity index is 1.52. The van der Waals surface area contributed by atoms with E-state index in [2.05, 4.69) is 41.5 Å². The first-order valence-electron chi connectivity index (χ1n) is 13.9. The lowest BCUT2D eigenvalue weighted by molar-refractivity contribution is -0.123. The van der Waals surface area contributed by atoms with Crippen LogP contribution >= 0.6 is 11.8 Å². The van der Waals surface area contributed by atoms with Gasteiger partial charge in [-0.3, -0.25) is 19.5 Å². The molecule has 8 heteroatoms. The third-order valence-corrected chi connectivity index (χ3v) is 8.56. The summed E-state index contributed by atoms with van der Waals surface area (Å²) < 4.78 is 1.83. The van der Waals surface area contributed by atoms with Crippen molar-refractivity contribution in [2.45, 2.75) is 25.6 Å². The predicted molar refractivity (Wildman–Crippen MR) is 168 cm³/mol. The van der Waals surface area contributed by atoms with E-state index in [9.17, 15) is 9.59 Å². The first-order chi connectivity index (χ1) is 20.5. The van der Waals surface area contributed by atoms with E-state index in [4.69, 9.17) is 5.10 Å². The van der Waals surface area contributed by atoms with Crippen LogP contribution in [0.3, 0.4) is 0 Å².